The minimum atomic E-state index is -1.01. The van der Waals surface area contributed by atoms with E-state index in [9.17, 15) is 8.78 Å². The minimum absolute atomic E-state index is 0.0741. The molecule has 0 spiro atoms. The quantitative estimate of drug-likeness (QED) is 0.695. The first-order valence-corrected chi connectivity index (χ1v) is 3.78. The Labute approximate surface area is 78.0 Å². The van der Waals surface area contributed by atoms with Crippen LogP contribution in [0.25, 0.3) is 5.69 Å². The molecule has 2 rings (SSSR count). The van der Waals surface area contributed by atoms with Crippen LogP contribution in [-0.4, -0.2) is 14.8 Å². The molecule has 1 aromatic heterocycles. The third kappa shape index (κ3) is 1.20. The van der Waals surface area contributed by atoms with Crippen LogP contribution in [0.4, 0.5) is 14.5 Å². The normalized spacial score (nSPS) is 10.4. The number of hydrogen-bond acceptors (Lipinski definition) is 3. The molecule has 0 amide bonds. The Morgan fingerprint density at radius 2 is 1.79 bits per heavy atom. The zero-order chi connectivity index (χ0) is 10.1. The smallest absolute Gasteiger partial charge is 0.184 e. The Balaban J connectivity index is 2.69. The van der Waals surface area contributed by atoms with Crippen molar-refractivity contribution in [1.29, 1.82) is 0 Å². The minimum Gasteiger partial charge on any atom is -0.397 e. The van der Waals surface area contributed by atoms with Crippen LogP contribution in [0.5, 0.6) is 0 Å². The van der Waals surface area contributed by atoms with E-state index in [2.05, 4.69) is 10.2 Å². The number of anilines is 1. The highest BCUT2D eigenvalue weighted by molar-refractivity contribution is 5.58. The summed E-state index contributed by atoms with van der Waals surface area (Å²) in [6.45, 7) is 0. The van der Waals surface area contributed by atoms with Gasteiger partial charge in [-0.15, -0.1) is 10.2 Å². The van der Waals surface area contributed by atoms with Crippen LogP contribution in [0.2, 0.25) is 0 Å². The maximum atomic E-state index is 13.3. The van der Waals surface area contributed by atoms with E-state index in [-0.39, 0.29) is 11.4 Å². The summed E-state index contributed by atoms with van der Waals surface area (Å²) in [6, 6.07) is 2.26. The average Bonchev–Trinajstić information content (AvgIpc) is 2.65. The van der Waals surface area contributed by atoms with Crippen molar-refractivity contribution in [2.24, 2.45) is 0 Å². The van der Waals surface area contributed by atoms with Gasteiger partial charge in [0.1, 0.15) is 18.3 Å². The Hall–Kier alpha value is -1.98. The van der Waals surface area contributed by atoms with E-state index in [1.54, 1.807) is 0 Å². The summed E-state index contributed by atoms with van der Waals surface area (Å²) in [5, 5.41) is 6.96. The molecule has 6 heteroatoms. The number of benzene rings is 1. The van der Waals surface area contributed by atoms with E-state index in [0.717, 1.165) is 6.07 Å². The van der Waals surface area contributed by atoms with Gasteiger partial charge < -0.3 is 5.73 Å². The predicted molar refractivity (Wildman–Crippen MR) is 45.7 cm³/mol. The molecular weight excluding hydrogens is 190 g/mol. The first kappa shape index (κ1) is 8.61. The van der Waals surface area contributed by atoms with Gasteiger partial charge in [0.2, 0.25) is 0 Å². The van der Waals surface area contributed by atoms with Crippen molar-refractivity contribution >= 4 is 5.69 Å². The van der Waals surface area contributed by atoms with Crippen LogP contribution in [-0.2, 0) is 0 Å². The summed E-state index contributed by atoms with van der Waals surface area (Å²) in [6.07, 6.45) is 2.49. The molecule has 2 aromatic rings. The van der Waals surface area contributed by atoms with Crippen molar-refractivity contribution in [3.63, 3.8) is 0 Å². The van der Waals surface area contributed by atoms with Crippen molar-refractivity contribution in [3.8, 4) is 5.69 Å². The van der Waals surface area contributed by atoms with E-state index in [1.165, 1.54) is 23.3 Å². The Morgan fingerprint density at radius 1 is 1.14 bits per heavy atom. The molecule has 0 saturated heterocycles. The average molecular weight is 196 g/mol. The van der Waals surface area contributed by atoms with Crippen molar-refractivity contribution < 1.29 is 8.78 Å². The summed E-state index contributed by atoms with van der Waals surface area (Å²) in [7, 11) is 0. The van der Waals surface area contributed by atoms with Gasteiger partial charge in [-0.1, -0.05) is 0 Å². The summed E-state index contributed by atoms with van der Waals surface area (Å²) in [4.78, 5) is 0. The number of aromatic nitrogens is 3. The predicted octanol–water partition coefficient (Wildman–Crippen LogP) is 1.13. The molecule has 14 heavy (non-hydrogen) atoms. The van der Waals surface area contributed by atoms with Crippen LogP contribution in [0.3, 0.4) is 0 Å². The van der Waals surface area contributed by atoms with Crippen molar-refractivity contribution in [2.75, 3.05) is 5.73 Å². The lowest BCUT2D eigenvalue weighted by molar-refractivity contribution is 0.505. The molecule has 1 heterocycles. The summed E-state index contributed by atoms with van der Waals surface area (Å²) >= 11 is 0. The molecule has 72 valence electrons. The van der Waals surface area contributed by atoms with Crippen LogP contribution >= 0.6 is 0 Å². The van der Waals surface area contributed by atoms with Crippen molar-refractivity contribution in [1.82, 2.24) is 14.8 Å². The molecule has 0 aliphatic rings. The number of nitrogens with zero attached hydrogens (tertiary/aromatic N) is 3. The Morgan fingerprint density at radius 3 is 2.43 bits per heavy atom. The van der Waals surface area contributed by atoms with Crippen LogP contribution in [0, 0.1) is 11.6 Å². The zero-order valence-electron chi connectivity index (χ0n) is 6.98. The van der Waals surface area contributed by atoms with Gasteiger partial charge in [-0.05, 0) is 12.1 Å². The Bertz CT molecular complexity index is 453. The summed E-state index contributed by atoms with van der Waals surface area (Å²) in [5.74, 6) is -1.97. The molecule has 0 unspecified atom stereocenters. The fraction of sp³-hybridized carbons (Fsp3) is 0. The summed E-state index contributed by atoms with van der Waals surface area (Å²) < 4.78 is 27.4. The van der Waals surface area contributed by atoms with Crippen molar-refractivity contribution in [2.45, 2.75) is 0 Å². The van der Waals surface area contributed by atoms with E-state index in [0.29, 0.717) is 0 Å². The highest BCUT2D eigenvalue weighted by atomic mass is 19.2. The van der Waals surface area contributed by atoms with E-state index < -0.39 is 11.6 Å². The van der Waals surface area contributed by atoms with Gasteiger partial charge in [-0.25, -0.2) is 8.78 Å². The Kier molecular flexibility index (Phi) is 1.88. The molecule has 0 bridgehead atoms. The van der Waals surface area contributed by atoms with Gasteiger partial charge in [0.15, 0.2) is 11.6 Å². The highest BCUT2D eigenvalue weighted by Crippen LogP contribution is 2.22. The maximum absolute atomic E-state index is 13.3. The molecule has 2 N–H and O–H groups in total. The van der Waals surface area contributed by atoms with E-state index in [1.807, 2.05) is 0 Å². The van der Waals surface area contributed by atoms with E-state index in [4.69, 9.17) is 5.73 Å². The molecule has 1 aromatic carbocycles. The van der Waals surface area contributed by atoms with Crippen LogP contribution in [0.15, 0.2) is 24.8 Å². The third-order valence-electron chi connectivity index (χ3n) is 1.78. The van der Waals surface area contributed by atoms with Gasteiger partial charge in [-0.3, -0.25) is 4.57 Å². The lowest BCUT2D eigenvalue weighted by Crippen LogP contribution is -2.03. The van der Waals surface area contributed by atoms with Gasteiger partial charge in [-0.2, -0.15) is 0 Å². The number of halogens is 2. The number of nitrogen functional groups attached to an aromatic ring is 1. The third-order valence-corrected chi connectivity index (χ3v) is 1.78. The highest BCUT2D eigenvalue weighted by Gasteiger charge is 2.13. The molecule has 0 atom stereocenters. The SMILES string of the molecule is Nc1ccc(F)c(F)c1-n1cnnc1. The number of rotatable bonds is 1. The monoisotopic (exact) mass is 196 g/mol. The largest absolute Gasteiger partial charge is 0.397 e. The first-order chi connectivity index (χ1) is 6.70. The fourth-order valence-electron chi connectivity index (χ4n) is 1.13. The molecule has 0 fully saturated rings. The topological polar surface area (TPSA) is 56.7 Å². The molecule has 0 radical (unpaired) electrons. The van der Waals surface area contributed by atoms with Gasteiger partial charge in [0, 0.05) is 0 Å². The number of nitrogens with two attached hydrogens (primary N) is 1. The van der Waals surface area contributed by atoms with E-state index >= 15 is 0 Å². The standard InChI is InChI=1S/C8H6F2N4/c9-5-1-2-6(11)8(7(5)10)14-3-12-13-4-14/h1-4H,11H2. The first-order valence-electron chi connectivity index (χ1n) is 3.78. The lowest BCUT2D eigenvalue weighted by Gasteiger charge is -2.06. The fourth-order valence-corrected chi connectivity index (χ4v) is 1.13. The maximum Gasteiger partial charge on any atom is 0.184 e. The zero-order valence-corrected chi connectivity index (χ0v) is 6.98. The molecule has 0 aliphatic heterocycles. The molecule has 0 aliphatic carbocycles. The molecule has 4 nitrogen and oxygen atoms in total. The molecule has 0 saturated carbocycles. The van der Waals surface area contributed by atoms with Gasteiger partial charge >= 0.3 is 0 Å². The van der Waals surface area contributed by atoms with Gasteiger partial charge in [0.05, 0.1) is 5.69 Å². The van der Waals surface area contributed by atoms with Crippen LogP contribution in [0.1, 0.15) is 0 Å². The van der Waals surface area contributed by atoms with Crippen molar-refractivity contribution in [3.05, 3.63) is 36.4 Å². The molecular formula is C8H6F2N4. The lowest BCUT2D eigenvalue weighted by atomic mass is 10.2. The second-order valence-electron chi connectivity index (χ2n) is 2.67. The second-order valence-corrected chi connectivity index (χ2v) is 2.67. The second kappa shape index (κ2) is 3.06. The van der Waals surface area contributed by atoms with Crippen LogP contribution < -0.4 is 5.73 Å². The number of hydrogen-bond donors (Lipinski definition) is 1. The van der Waals surface area contributed by atoms with Gasteiger partial charge in [0.25, 0.3) is 0 Å². The summed E-state index contributed by atoms with van der Waals surface area (Å²) in [5.41, 5.74) is 5.55.